The Morgan fingerprint density at radius 2 is 0.597 bits per heavy atom. The van der Waals surface area contributed by atoms with E-state index in [1.165, 1.54) is 218 Å². The average Bonchev–Trinajstić information content (AvgIpc) is 1.83. The predicted molar refractivity (Wildman–Crippen MR) is 582 cm³/mol. The van der Waals surface area contributed by atoms with Crippen LogP contribution >= 0.6 is 0 Å². The molecule has 1 aromatic rings. The lowest BCUT2D eigenvalue weighted by atomic mass is 9.87. The minimum Gasteiger partial charge on any atom is -0.320 e. The van der Waals surface area contributed by atoms with Gasteiger partial charge in [-0.3, -0.25) is 0 Å². The first-order valence-corrected chi connectivity index (χ1v) is 52.4. The van der Waals surface area contributed by atoms with Crippen molar-refractivity contribution in [2.24, 2.45) is 35.0 Å². The number of hydrogen-bond acceptors (Lipinski definition) is 12. The summed E-state index contributed by atoms with van der Waals surface area (Å²) in [5.41, 5.74) is 1.82. The Hall–Kier alpha value is -1.26. The Bertz CT molecular complexity index is 1240. The van der Waals surface area contributed by atoms with Crippen molar-refractivity contribution in [2.45, 2.75) is 496 Å². The van der Waals surface area contributed by atoms with E-state index in [9.17, 15) is 0 Å². The molecule has 3 aliphatic rings. The van der Waals surface area contributed by atoms with E-state index in [1.807, 2.05) is 283 Å². The van der Waals surface area contributed by atoms with Crippen LogP contribution in [0.4, 0.5) is 0 Å². The molecule has 3 fully saturated rings. The normalized spacial score (nSPS) is 11.3. The van der Waals surface area contributed by atoms with Crippen LogP contribution in [0.5, 0.6) is 0 Å². The van der Waals surface area contributed by atoms with Crippen molar-refractivity contribution in [2.75, 3.05) is 143 Å². The van der Waals surface area contributed by atoms with Gasteiger partial charge in [0.15, 0.2) is 0 Å². The zero-order chi connectivity index (χ0) is 98.7. The van der Waals surface area contributed by atoms with Gasteiger partial charge in [0.2, 0.25) is 0 Å². The Balaban J connectivity index is -0.0000000420. The van der Waals surface area contributed by atoms with Crippen LogP contribution in [0.15, 0.2) is 30.3 Å². The van der Waals surface area contributed by atoms with E-state index in [0.29, 0.717) is 17.5 Å². The van der Waals surface area contributed by atoms with Gasteiger partial charge in [0, 0.05) is 18.6 Å². The second-order valence-corrected chi connectivity index (χ2v) is 28.2. The molecule has 0 spiro atoms. The molecule has 119 heavy (non-hydrogen) atoms. The van der Waals surface area contributed by atoms with Crippen molar-refractivity contribution >= 4 is 0 Å². The molecule has 3 aliphatic carbocycles. The summed E-state index contributed by atoms with van der Waals surface area (Å²) >= 11 is 0. The molecular formula is C107H264N12. The van der Waals surface area contributed by atoms with E-state index in [0.717, 1.165) is 68.9 Å². The van der Waals surface area contributed by atoms with Crippen molar-refractivity contribution < 1.29 is 0 Å². The summed E-state index contributed by atoms with van der Waals surface area (Å²) in [5, 5.41) is 37.2. The molecule has 0 amide bonds. The zero-order valence-electron chi connectivity index (χ0n) is 95.5. The lowest BCUT2D eigenvalue weighted by Crippen LogP contribution is -2.19. The van der Waals surface area contributed by atoms with Gasteiger partial charge in [-0.15, -0.1) is 0 Å². The van der Waals surface area contributed by atoms with Crippen LogP contribution in [0.2, 0.25) is 0 Å². The van der Waals surface area contributed by atoms with E-state index >= 15 is 0 Å². The molecule has 3 saturated carbocycles. The largest absolute Gasteiger partial charge is 0.320 e. The lowest BCUT2D eigenvalue weighted by Gasteiger charge is -2.20. The molecule has 4 rings (SSSR count). The maximum absolute atomic E-state index is 3.21. The highest BCUT2D eigenvalue weighted by Gasteiger charge is 2.14. The van der Waals surface area contributed by atoms with Crippen molar-refractivity contribution in [1.82, 2.24) is 63.8 Å². The van der Waals surface area contributed by atoms with Crippen LogP contribution < -0.4 is 63.8 Å². The summed E-state index contributed by atoms with van der Waals surface area (Å²) in [6.07, 6.45) is 40.7. The Kier molecular flexibility index (Phi) is 320. The van der Waals surface area contributed by atoms with Gasteiger partial charge in [-0.1, -0.05) is 443 Å². The Morgan fingerprint density at radius 3 is 0.756 bits per heavy atom. The van der Waals surface area contributed by atoms with Crippen LogP contribution in [0.3, 0.4) is 0 Å². The third-order valence-electron chi connectivity index (χ3n) is 16.1. The van der Waals surface area contributed by atoms with Crippen molar-refractivity contribution in [3.63, 3.8) is 0 Å². The third kappa shape index (κ3) is 283. The van der Waals surface area contributed by atoms with E-state index < -0.39 is 0 Å². The van der Waals surface area contributed by atoms with E-state index in [2.05, 4.69) is 187 Å². The average molecular weight is 1720 g/mol. The highest BCUT2D eigenvalue weighted by molar-refractivity contribution is 5.14. The number of nitrogens with one attached hydrogen (secondary N) is 12. The standard InChI is InChI=1S/C9H19N.C8H17N.C8H11N.C8H16.C7H17N.3C6H15N.3C5H13N.2C4H11N.13C2H6/c1-10-8-7-9-5-3-2-4-6-9;1-9-7-6-8-4-2-3-5-8;1-9-7-8-5-3-2-4-6-8;1-2-8-6-4-3-5-7-8;1-7(2,3)5-6-8-4;1-6(2)4-5-7-3;2*1-3-4-5-6-7-2;1-5(2)4-6-3;1-4-5(2)6-3;1-3-4-5-6-2;1-4(2)5-3;1-3-4-5-2;13*1-2/h9-10H,2-8H2,1H3;8-9H,2-7H2,1H3;2-6,9H,7H2,1H3;8H,2-7H2,1H3;8H,5-6H2,1-4H3;6-7H,4-5H2,1-3H3;2*7H,3-6H2,1-2H3;2*5-6H,4H2,1-3H3;6H,3-5H2,1-2H3;4-5H,1-3H3;5H,3-4H2,1-2H3;13*1-2H3. The molecule has 0 heterocycles. The number of hydrogen-bond donors (Lipinski definition) is 12. The maximum atomic E-state index is 3.21. The molecule has 1 unspecified atom stereocenters. The molecular weight excluding hydrogens is 1450 g/mol. The van der Waals surface area contributed by atoms with Gasteiger partial charge in [-0.25, -0.2) is 0 Å². The fourth-order valence-electron chi connectivity index (χ4n) is 9.12. The minimum atomic E-state index is 0.489. The summed E-state index contributed by atoms with van der Waals surface area (Å²) in [7, 11) is 23.8. The summed E-state index contributed by atoms with van der Waals surface area (Å²) in [5.74, 6) is 4.81. The number of rotatable bonds is 32. The van der Waals surface area contributed by atoms with Gasteiger partial charge in [-0.2, -0.15) is 0 Å². The molecule has 12 nitrogen and oxygen atoms in total. The molecule has 12 N–H and O–H groups in total. The summed E-state index contributed by atoms with van der Waals surface area (Å²) < 4.78 is 0. The molecule has 0 bridgehead atoms. The molecule has 0 saturated heterocycles. The predicted octanol–water partition coefficient (Wildman–Crippen LogP) is 31.5. The molecule has 0 aromatic heterocycles. The minimum absolute atomic E-state index is 0.489. The van der Waals surface area contributed by atoms with Crippen LogP contribution in [-0.4, -0.2) is 156 Å². The van der Waals surface area contributed by atoms with Crippen LogP contribution in [0, 0.1) is 35.0 Å². The van der Waals surface area contributed by atoms with Gasteiger partial charge in [0.25, 0.3) is 0 Å². The zero-order valence-corrected chi connectivity index (χ0v) is 95.5. The summed E-state index contributed by atoms with van der Waals surface area (Å²) in [4.78, 5) is 0. The van der Waals surface area contributed by atoms with Gasteiger partial charge < -0.3 is 63.8 Å². The molecule has 1 aromatic carbocycles. The van der Waals surface area contributed by atoms with Crippen LogP contribution in [-0.2, 0) is 6.54 Å². The van der Waals surface area contributed by atoms with Gasteiger partial charge in [-0.05, 0) is 249 Å². The highest BCUT2D eigenvalue weighted by atomic mass is 14.9. The quantitative estimate of drug-likeness (QED) is 0.0312. The van der Waals surface area contributed by atoms with Crippen LogP contribution in [0.1, 0.15) is 483 Å². The summed E-state index contributed by atoms with van der Waals surface area (Å²) in [6, 6.07) is 11.7. The number of unbranched alkanes of at least 4 members (excludes halogenated alkanes) is 5. The van der Waals surface area contributed by atoms with E-state index in [-0.39, 0.29) is 0 Å². The van der Waals surface area contributed by atoms with Crippen molar-refractivity contribution in [3.05, 3.63) is 35.9 Å². The first-order chi connectivity index (χ1) is 57.6. The van der Waals surface area contributed by atoms with Gasteiger partial charge >= 0.3 is 0 Å². The highest BCUT2D eigenvalue weighted by Crippen LogP contribution is 2.27. The van der Waals surface area contributed by atoms with Crippen LogP contribution in [0.25, 0.3) is 0 Å². The van der Waals surface area contributed by atoms with Gasteiger partial charge in [0.05, 0.1) is 0 Å². The van der Waals surface area contributed by atoms with Crippen molar-refractivity contribution in [3.8, 4) is 0 Å². The summed E-state index contributed by atoms with van der Waals surface area (Å²) in [6.45, 7) is 98.7. The second kappa shape index (κ2) is 218. The molecule has 12 heteroatoms. The van der Waals surface area contributed by atoms with E-state index in [4.69, 9.17) is 0 Å². The second-order valence-electron chi connectivity index (χ2n) is 28.2. The van der Waals surface area contributed by atoms with Crippen molar-refractivity contribution in [1.29, 1.82) is 0 Å². The maximum Gasteiger partial charge on any atom is 0.0202 e. The SMILES string of the molecule is CC.CC.CC.CC.CC.CC.CC.CC.CC.CC.CC.CC.CC.CCC(C)NC.CCC1CCCCC1.CCCCCNC.CCCCCNC.CCCCNC.CCCNC.CNC(C)C.CNCC(C)C.CNCCC(C)(C)C.CNCCC(C)C.CNCCC1CCCC1.CNCCC1CCCCC1.CNCc1ccccc1. The Morgan fingerprint density at radius 1 is 0.303 bits per heavy atom. The first kappa shape index (κ1) is 175. The molecule has 0 aliphatic heterocycles. The van der Waals surface area contributed by atoms with E-state index in [1.54, 1.807) is 0 Å². The topological polar surface area (TPSA) is 144 Å². The molecule has 0 radical (unpaired) electrons. The number of benzene rings is 1. The fourth-order valence-corrected chi connectivity index (χ4v) is 9.12. The smallest absolute Gasteiger partial charge is 0.0202 e. The molecule has 1 atom stereocenters. The first-order valence-electron chi connectivity index (χ1n) is 52.4. The third-order valence-corrected chi connectivity index (χ3v) is 16.1. The Labute approximate surface area is 769 Å². The fraction of sp³-hybridized carbons (Fsp3) is 0.944. The van der Waals surface area contributed by atoms with Gasteiger partial charge in [0.1, 0.15) is 0 Å². The molecule has 752 valence electrons. The lowest BCUT2D eigenvalue weighted by molar-refractivity contribution is 0.337. The monoisotopic (exact) mass is 1720 g/mol.